The second-order valence-electron chi connectivity index (χ2n) is 18.3. The molecule has 2 heterocycles. The third kappa shape index (κ3) is 5.94. The summed E-state index contributed by atoms with van der Waals surface area (Å²) in [5, 5.41) is 0. The lowest BCUT2D eigenvalue weighted by Crippen LogP contribution is -2.34. The lowest BCUT2D eigenvalue weighted by molar-refractivity contribution is 0.177. The normalized spacial score (nSPS) is 22.5. The maximum atomic E-state index is 2.71. The highest BCUT2D eigenvalue weighted by Gasteiger charge is 2.51. The van der Waals surface area contributed by atoms with Crippen LogP contribution in [0.2, 0.25) is 25.3 Å². The molecule has 2 saturated heterocycles. The SMILES string of the molecule is CN(C)CCCC1(CCCN(C)C)c2cc(B3CC(C)(C)C(C)(C)C3)ccc2-c2ccc(B3CC(C)(C)C(C)(C)C3)cc21. The van der Waals surface area contributed by atoms with Gasteiger partial charge in [-0.2, -0.15) is 0 Å². The smallest absolute Gasteiger partial charge is 0.176 e. The van der Waals surface area contributed by atoms with Gasteiger partial charge in [0, 0.05) is 5.41 Å². The predicted octanol–water partition coefficient (Wildman–Crippen LogP) is 8.17. The highest BCUT2D eigenvalue weighted by Crippen LogP contribution is 2.56. The van der Waals surface area contributed by atoms with Crippen molar-refractivity contribution >= 4 is 24.4 Å². The van der Waals surface area contributed by atoms with E-state index in [1.165, 1.54) is 62.1 Å². The molecule has 234 valence electrons. The number of rotatable bonds is 10. The van der Waals surface area contributed by atoms with E-state index in [2.05, 4.69) is 130 Å². The minimum absolute atomic E-state index is 0.0932. The van der Waals surface area contributed by atoms with Crippen LogP contribution in [0.5, 0.6) is 0 Å². The maximum Gasteiger partial charge on any atom is 0.176 e. The van der Waals surface area contributed by atoms with Gasteiger partial charge in [-0.25, -0.2) is 0 Å². The largest absolute Gasteiger partial charge is 0.309 e. The molecule has 0 unspecified atom stereocenters. The standard InChI is InChI=1S/C39H62B2N2/c1-35(2)25-40(26-36(35,3)4)29-15-17-31-32-18-16-30(41-27-37(5,6)38(7,8)28-41)24-34(32)39(33(31)23-29,19-13-21-42(9)10)20-14-22-43(11)12/h15-18,23-24H,13-14,19-22,25-28H2,1-12H3. The Morgan fingerprint density at radius 1 is 0.535 bits per heavy atom. The Morgan fingerprint density at radius 3 is 1.16 bits per heavy atom. The molecule has 0 saturated carbocycles. The molecule has 3 aliphatic rings. The fourth-order valence-corrected chi connectivity index (χ4v) is 9.28. The first-order chi connectivity index (χ1) is 19.9. The average molecular weight is 581 g/mol. The summed E-state index contributed by atoms with van der Waals surface area (Å²) in [5.41, 5.74) is 11.1. The molecule has 2 aromatic rings. The molecular formula is C39H62B2N2. The highest BCUT2D eigenvalue weighted by molar-refractivity contribution is 6.74. The van der Waals surface area contributed by atoms with Crippen molar-refractivity contribution in [3.05, 3.63) is 47.5 Å². The minimum atomic E-state index is 0.0932. The van der Waals surface area contributed by atoms with E-state index in [0.29, 0.717) is 35.1 Å². The van der Waals surface area contributed by atoms with Gasteiger partial charge in [0.05, 0.1) is 0 Å². The summed E-state index contributed by atoms with van der Waals surface area (Å²) in [6.07, 6.45) is 10.1. The molecule has 4 heteroatoms. The number of fused-ring (bicyclic) bond motifs is 3. The molecule has 0 amide bonds. The van der Waals surface area contributed by atoms with Gasteiger partial charge in [-0.15, -0.1) is 0 Å². The molecule has 0 bridgehead atoms. The lowest BCUT2D eigenvalue weighted by Gasteiger charge is -2.35. The summed E-state index contributed by atoms with van der Waals surface area (Å²) in [6, 6.07) is 15.5. The average Bonchev–Trinajstić information content (AvgIpc) is 3.38. The van der Waals surface area contributed by atoms with Gasteiger partial charge < -0.3 is 9.80 Å². The Bertz CT molecular complexity index is 1190. The van der Waals surface area contributed by atoms with Crippen LogP contribution in [0.4, 0.5) is 0 Å². The molecule has 2 nitrogen and oxygen atoms in total. The van der Waals surface area contributed by atoms with Crippen molar-refractivity contribution in [2.24, 2.45) is 21.7 Å². The Morgan fingerprint density at radius 2 is 0.860 bits per heavy atom. The fraction of sp³-hybridized carbons (Fsp3) is 0.692. The zero-order valence-corrected chi connectivity index (χ0v) is 30.1. The first-order valence-corrected chi connectivity index (χ1v) is 17.5. The molecule has 0 aromatic heterocycles. The molecule has 2 aromatic carbocycles. The van der Waals surface area contributed by atoms with E-state index in [1.54, 1.807) is 22.1 Å². The summed E-state index contributed by atoms with van der Waals surface area (Å²) >= 11 is 0. The molecule has 2 fully saturated rings. The van der Waals surface area contributed by atoms with Crippen molar-refractivity contribution < 1.29 is 0 Å². The third-order valence-electron chi connectivity index (χ3n) is 13.5. The molecule has 43 heavy (non-hydrogen) atoms. The van der Waals surface area contributed by atoms with E-state index >= 15 is 0 Å². The van der Waals surface area contributed by atoms with Crippen LogP contribution in [0.15, 0.2) is 36.4 Å². The molecule has 0 spiro atoms. The van der Waals surface area contributed by atoms with Crippen molar-refractivity contribution in [2.75, 3.05) is 41.3 Å². The summed E-state index contributed by atoms with van der Waals surface area (Å²) in [6.45, 7) is 23.6. The second-order valence-corrected chi connectivity index (χ2v) is 18.3. The summed E-state index contributed by atoms with van der Waals surface area (Å²) in [4.78, 5) is 4.76. The van der Waals surface area contributed by atoms with Gasteiger partial charge in [0.2, 0.25) is 0 Å². The van der Waals surface area contributed by atoms with Gasteiger partial charge >= 0.3 is 0 Å². The van der Waals surface area contributed by atoms with Gasteiger partial charge in [0.1, 0.15) is 0 Å². The van der Waals surface area contributed by atoms with Crippen LogP contribution in [-0.4, -0.2) is 64.5 Å². The first-order valence-electron chi connectivity index (χ1n) is 17.5. The Hall–Kier alpha value is -1.51. The Labute approximate surface area is 266 Å². The molecule has 0 atom stereocenters. The molecule has 5 rings (SSSR count). The quantitative estimate of drug-likeness (QED) is 0.262. The number of nitrogens with zero attached hydrogens (tertiary/aromatic N) is 2. The van der Waals surface area contributed by atoms with E-state index in [9.17, 15) is 0 Å². The minimum Gasteiger partial charge on any atom is -0.309 e. The van der Waals surface area contributed by atoms with Crippen molar-refractivity contribution in [1.82, 2.24) is 9.80 Å². The van der Waals surface area contributed by atoms with Crippen LogP contribution in [0.3, 0.4) is 0 Å². The van der Waals surface area contributed by atoms with E-state index in [1.807, 2.05) is 0 Å². The Kier molecular flexibility index (Phi) is 8.70. The van der Waals surface area contributed by atoms with E-state index in [0.717, 1.165) is 13.1 Å². The number of hydrogen-bond acceptors (Lipinski definition) is 2. The van der Waals surface area contributed by atoms with Crippen LogP contribution in [-0.2, 0) is 5.41 Å². The van der Waals surface area contributed by atoms with Crippen molar-refractivity contribution in [2.45, 2.75) is 112 Å². The van der Waals surface area contributed by atoms with Crippen LogP contribution in [0.25, 0.3) is 11.1 Å². The molecule has 0 radical (unpaired) electrons. The monoisotopic (exact) mass is 581 g/mol. The molecule has 2 aliphatic heterocycles. The van der Waals surface area contributed by atoms with Crippen LogP contribution in [0, 0.1) is 21.7 Å². The van der Waals surface area contributed by atoms with Gasteiger partial charge in [-0.05, 0) is 111 Å². The first kappa shape index (κ1) is 32.9. The molecule has 1 aliphatic carbocycles. The summed E-state index contributed by atoms with van der Waals surface area (Å²) in [5.74, 6) is 0. The highest BCUT2D eigenvalue weighted by atomic mass is 15.1. The third-order valence-corrected chi connectivity index (χ3v) is 13.5. The van der Waals surface area contributed by atoms with Crippen LogP contribution < -0.4 is 10.9 Å². The van der Waals surface area contributed by atoms with Crippen LogP contribution in [0.1, 0.15) is 92.2 Å². The molecular weight excluding hydrogens is 518 g/mol. The van der Waals surface area contributed by atoms with Crippen molar-refractivity contribution in [3.63, 3.8) is 0 Å². The zero-order chi connectivity index (χ0) is 31.6. The van der Waals surface area contributed by atoms with E-state index in [-0.39, 0.29) is 5.41 Å². The maximum absolute atomic E-state index is 2.71. The topological polar surface area (TPSA) is 6.48 Å². The van der Waals surface area contributed by atoms with Crippen molar-refractivity contribution in [3.8, 4) is 11.1 Å². The predicted molar refractivity (Wildman–Crippen MR) is 193 cm³/mol. The van der Waals surface area contributed by atoms with Crippen LogP contribution >= 0.6 is 0 Å². The number of benzene rings is 2. The van der Waals surface area contributed by atoms with Gasteiger partial charge in [0.25, 0.3) is 0 Å². The van der Waals surface area contributed by atoms with E-state index in [4.69, 9.17) is 0 Å². The van der Waals surface area contributed by atoms with Gasteiger partial charge in [-0.3, -0.25) is 0 Å². The molecule has 0 N–H and O–H groups in total. The fourth-order valence-electron chi connectivity index (χ4n) is 9.28. The van der Waals surface area contributed by atoms with Gasteiger partial charge in [-0.1, -0.05) is 128 Å². The number of hydrogen-bond donors (Lipinski definition) is 0. The lowest BCUT2D eigenvalue weighted by atomic mass is 9.41. The van der Waals surface area contributed by atoms with Crippen molar-refractivity contribution in [1.29, 1.82) is 0 Å². The summed E-state index contributed by atoms with van der Waals surface area (Å²) in [7, 11) is 8.94. The van der Waals surface area contributed by atoms with E-state index < -0.39 is 0 Å². The Balaban J connectivity index is 1.62. The summed E-state index contributed by atoms with van der Waals surface area (Å²) < 4.78 is 0. The van der Waals surface area contributed by atoms with Gasteiger partial charge in [0.15, 0.2) is 13.4 Å². The zero-order valence-electron chi connectivity index (χ0n) is 30.1. The second kappa shape index (κ2) is 11.4.